The lowest BCUT2D eigenvalue weighted by Gasteiger charge is -2.22. The summed E-state index contributed by atoms with van der Waals surface area (Å²) in [5, 5.41) is 13.7. The van der Waals surface area contributed by atoms with Gasteiger partial charge in [0, 0.05) is 34.5 Å². The molecule has 1 aliphatic heterocycles. The molecule has 1 saturated heterocycles. The molecule has 0 atom stereocenters. The minimum absolute atomic E-state index is 0.0363. The minimum atomic E-state index is 0.0363. The van der Waals surface area contributed by atoms with Crippen molar-refractivity contribution in [3.63, 3.8) is 0 Å². The molecule has 3 heterocycles. The molecule has 5 rings (SSSR count). The maximum absolute atomic E-state index is 12.5. The molecule has 0 aliphatic carbocycles. The van der Waals surface area contributed by atoms with Gasteiger partial charge in [0.05, 0.1) is 5.52 Å². The molecule has 28 heavy (non-hydrogen) atoms. The van der Waals surface area contributed by atoms with Crippen molar-refractivity contribution in [3.8, 4) is 16.8 Å². The lowest BCUT2D eigenvalue weighted by Crippen LogP contribution is -2.27. The van der Waals surface area contributed by atoms with E-state index in [2.05, 4.69) is 15.4 Å². The van der Waals surface area contributed by atoms with E-state index in [9.17, 15) is 4.79 Å². The molecule has 1 amide bonds. The second kappa shape index (κ2) is 6.69. The van der Waals surface area contributed by atoms with E-state index in [1.807, 2.05) is 48.5 Å². The van der Waals surface area contributed by atoms with Crippen LogP contribution in [0.15, 0.2) is 54.9 Å². The maximum Gasteiger partial charge on any atom is 0.228 e. The molecule has 8 heteroatoms. The highest BCUT2D eigenvalue weighted by Crippen LogP contribution is 2.41. The van der Waals surface area contributed by atoms with Crippen molar-refractivity contribution in [1.29, 1.82) is 0 Å². The Balaban J connectivity index is 1.94. The van der Waals surface area contributed by atoms with Crippen molar-refractivity contribution in [2.24, 2.45) is 0 Å². The number of tetrazole rings is 1. The zero-order valence-corrected chi connectivity index (χ0v) is 15.5. The van der Waals surface area contributed by atoms with Crippen LogP contribution in [-0.2, 0) is 4.79 Å². The topological polar surface area (TPSA) is 76.8 Å². The molecule has 2 aromatic carbocycles. The molecule has 0 radical (unpaired) electrons. The van der Waals surface area contributed by atoms with E-state index in [1.165, 1.54) is 11.1 Å². The first-order valence-electron chi connectivity index (χ1n) is 8.95. The summed E-state index contributed by atoms with van der Waals surface area (Å²) in [6, 6.07) is 15.4. The van der Waals surface area contributed by atoms with Gasteiger partial charge in [0.1, 0.15) is 5.69 Å². The van der Waals surface area contributed by atoms with Crippen LogP contribution < -0.4 is 4.90 Å². The zero-order chi connectivity index (χ0) is 19.1. The van der Waals surface area contributed by atoms with E-state index in [0.29, 0.717) is 29.5 Å². The summed E-state index contributed by atoms with van der Waals surface area (Å²) < 4.78 is 0. The van der Waals surface area contributed by atoms with Crippen LogP contribution in [0.2, 0.25) is 5.02 Å². The molecular weight excluding hydrogens is 376 g/mol. The normalized spacial score (nSPS) is 14.2. The van der Waals surface area contributed by atoms with E-state index in [1.54, 1.807) is 4.90 Å². The molecule has 0 N–H and O–H groups in total. The van der Waals surface area contributed by atoms with Gasteiger partial charge in [-0.25, -0.2) is 4.98 Å². The number of aromatic nitrogens is 5. The third kappa shape index (κ3) is 2.63. The van der Waals surface area contributed by atoms with E-state index in [4.69, 9.17) is 16.6 Å². The van der Waals surface area contributed by atoms with Crippen LogP contribution in [0.4, 0.5) is 5.82 Å². The minimum Gasteiger partial charge on any atom is -0.295 e. The fourth-order valence-corrected chi connectivity index (χ4v) is 3.88. The molecular formula is C20H15ClN6O. The van der Waals surface area contributed by atoms with Crippen molar-refractivity contribution in [1.82, 2.24) is 25.2 Å². The number of hydrogen-bond donors (Lipinski definition) is 0. The molecule has 2 aromatic heterocycles. The molecule has 1 aliphatic rings. The van der Waals surface area contributed by atoms with Gasteiger partial charge in [-0.15, -0.1) is 15.0 Å². The average Bonchev–Trinajstić information content (AvgIpc) is 3.39. The van der Waals surface area contributed by atoms with Gasteiger partial charge in [-0.05, 0) is 23.8 Å². The summed E-state index contributed by atoms with van der Waals surface area (Å²) in [6.45, 7) is 0.605. The molecule has 7 nitrogen and oxygen atoms in total. The fourth-order valence-electron chi connectivity index (χ4n) is 3.64. The maximum atomic E-state index is 12.5. The SMILES string of the molecule is O=C1CCCN1c1nc2ccccc2c(-c2ccccc2Cl)c1-n1ncnn1. The summed E-state index contributed by atoms with van der Waals surface area (Å²) in [7, 11) is 0. The van der Waals surface area contributed by atoms with Crippen molar-refractivity contribution >= 4 is 34.2 Å². The van der Waals surface area contributed by atoms with Gasteiger partial charge in [-0.3, -0.25) is 9.69 Å². The van der Waals surface area contributed by atoms with E-state index in [-0.39, 0.29) is 5.91 Å². The standard InChI is InChI=1S/C20H15ClN6O/c21-15-8-3-1-6-13(15)18-14-7-2-4-9-16(14)24-20(26-11-5-10-17(26)28)19(18)27-23-12-22-25-27/h1-4,6-9,12H,5,10-11H2. The zero-order valence-electron chi connectivity index (χ0n) is 14.8. The molecule has 0 spiro atoms. The van der Waals surface area contributed by atoms with Crippen molar-refractivity contribution in [2.45, 2.75) is 12.8 Å². The van der Waals surface area contributed by atoms with Crippen LogP contribution in [0.3, 0.4) is 0 Å². The van der Waals surface area contributed by atoms with Gasteiger partial charge in [0.2, 0.25) is 5.91 Å². The van der Waals surface area contributed by atoms with Crippen LogP contribution in [0.5, 0.6) is 0 Å². The summed E-state index contributed by atoms with van der Waals surface area (Å²) in [5.41, 5.74) is 3.02. The third-order valence-corrected chi connectivity index (χ3v) is 5.20. The number of carbonyl (C=O) groups excluding carboxylic acids is 1. The van der Waals surface area contributed by atoms with Crippen LogP contribution >= 0.6 is 11.6 Å². The smallest absolute Gasteiger partial charge is 0.228 e. The lowest BCUT2D eigenvalue weighted by atomic mass is 9.98. The van der Waals surface area contributed by atoms with Gasteiger partial charge in [-0.2, -0.15) is 0 Å². The number of halogens is 1. The Kier molecular flexibility index (Phi) is 4.02. The van der Waals surface area contributed by atoms with Crippen molar-refractivity contribution < 1.29 is 4.79 Å². The first kappa shape index (κ1) is 16.8. The number of para-hydroxylation sites is 1. The number of pyridine rings is 1. The van der Waals surface area contributed by atoms with E-state index >= 15 is 0 Å². The van der Waals surface area contributed by atoms with Crippen LogP contribution in [-0.4, -0.2) is 37.6 Å². The molecule has 138 valence electrons. The first-order valence-corrected chi connectivity index (χ1v) is 9.33. The van der Waals surface area contributed by atoms with Gasteiger partial charge in [0.15, 0.2) is 12.1 Å². The van der Waals surface area contributed by atoms with Gasteiger partial charge < -0.3 is 0 Å². The highest BCUT2D eigenvalue weighted by atomic mass is 35.5. The quantitative estimate of drug-likeness (QED) is 0.533. The second-order valence-corrected chi connectivity index (χ2v) is 6.94. The highest BCUT2D eigenvalue weighted by Gasteiger charge is 2.30. The van der Waals surface area contributed by atoms with Gasteiger partial charge >= 0.3 is 0 Å². The van der Waals surface area contributed by atoms with Crippen molar-refractivity contribution in [3.05, 3.63) is 59.9 Å². The van der Waals surface area contributed by atoms with Crippen LogP contribution in [0, 0.1) is 0 Å². The molecule has 0 saturated carbocycles. The number of anilines is 1. The molecule has 0 bridgehead atoms. The Bertz CT molecular complexity index is 1190. The highest BCUT2D eigenvalue weighted by molar-refractivity contribution is 6.34. The largest absolute Gasteiger partial charge is 0.295 e. The number of amides is 1. The number of hydrogen-bond acceptors (Lipinski definition) is 5. The lowest BCUT2D eigenvalue weighted by molar-refractivity contribution is -0.117. The number of carbonyl (C=O) groups is 1. The Morgan fingerprint density at radius 3 is 2.61 bits per heavy atom. The summed E-state index contributed by atoms with van der Waals surface area (Å²) in [6.07, 6.45) is 2.65. The molecule has 4 aromatic rings. The number of rotatable bonds is 3. The Labute approximate surface area is 165 Å². The number of benzene rings is 2. The first-order chi connectivity index (χ1) is 13.7. The van der Waals surface area contributed by atoms with E-state index < -0.39 is 0 Å². The van der Waals surface area contributed by atoms with Crippen molar-refractivity contribution in [2.75, 3.05) is 11.4 Å². The fraction of sp³-hybridized carbons (Fsp3) is 0.150. The number of fused-ring (bicyclic) bond motifs is 1. The predicted octanol–water partition coefficient (Wildman–Crippen LogP) is 3.66. The Hall–Kier alpha value is -3.32. The number of nitrogens with zero attached hydrogens (tertiary/aromatic N) is 6. The molecule has 1 fully saturated rings. The van der Waals surface area contributed by atoms with Gasteiger partial charge in [0.25, 0.3) is 0 Å². The Morgan fingerprint density at radius 1 is 1.04 bits per heavy atom. The van der Waals surface area contributed by atoms with E-state index in [0.717, 1.165) is 28.5 Å². The van der Waals surface area contributed by atoms with Crippen LogP contribution in [0.1, 0.15) is 12.8 Å². The summed E-state index contributed by atoms with van der Waals surface area (Å²) >= 11 is 6.57. The molecule has 0 unspecified atom stereocenters. The van der Waals surface area contributed by atoms with Crippen LogP contribution in [0.25, 0.3) is 27.7 Å². The third-order valence-electron chi connectivity index (χ3n) is 4.87. The average molecular weight is 391 g/mol. The second-order valence-electron chi connectivity index (χ2n) is 6.53. The summed E-state index contributed by atoms with van der Waals surface area (Å²) in [4.78, 5) is 20.5. The summed E-state index contributed by atoms with van der Waals surface area (Å²) in [5.74, 6) is 0.559. The monoisotopic (exact) mass is 390 g/mol. The van der Waals surface area contributed by atoms with Gasteiger partial charge in [-0.1, -0.05) is 48.0 Å². The predicted molar refractivity (Wildman–Crippen MR) is 106 cm³/mol. The Morgan fingerprint density at radius 2 is 1.86 bits per heavy atom.